The SMILES string of the molecule is CN1C(=O)NC(=O)C12Cc1ccc(NC(=O)CN3C(=O)C(C)(C)OCC3c3ccccc3)cc1C2. The van der Waals surface area contributed by atoms with Crippen molar-refractivity contribution >= 4 is 29.4 Å². The van der Waals surface area contributed by atoms with Gasteiger partial charge in [-0.25, -0.2) is 4.79 Å². The monoisotopic (exact) mass is 476 g/mol. The fourth-order valence-electron chi connectivity index (χ4n) is 5.19. The van der Waals surface area contributed by atoms with E-state index in [0.717, 1.165) is 16.7 Å². The molecule has 35 heavy (non-hydrogen) atoms. The molecule has 5 amide bonds. The number of nitrogens with zero attached hydrogens (tertiary/aromatic N) is 2. The zero-order chi connectivity index (χ0) is 25.0. The number of fused-ring (bicyclic) bond motifs is 1. The predicted octanol–water partition coefficient (Wildman–Crippen LogP) is 2.02. The zero-order valence-electron chi connectivity index (χ0n) is 20.0. The highest BCUT2D eigenvalue weighted by Gasteiger charge is 2.54. The van der Waals surface area contributed by atoms with Crippen LogP contribution in [0.25, 0.3) is 0 Å². The minimum Gasteiger partial charge on any atom is -0.363 e. The number of anilines is 1. The standard InChI is InChI=1S/C26H28N4O5/c1-25(2)23(33)30(20(15-35-25)16-7-5-4-6-8-16)14-21(31)27-19-10-9-17-12-26(13-18(17)11-19)22(32)28-24(34)29(26)3/h4-11,20H,12-15H2,1-3H3,(H,27,31)(H,28,32,34). The lowest BCUT2D eigenvalue weighted by molar-refractivity contribution is -0.175. The number of ether oxygens (including phenoxy) is 1. The number of carbonyl (C=O) groups is 4. The van der Waals surface area contributed by atoms with Crippen molar-refractivity contribution in [2.75, 3.05) is 25.5 Å². The number of carbonyl (C=O) groups excluding carboxylic acids is 4. The fraction of sp³-hybridized carbons (Fsp3) is 0.385. The third kappa shape index (κ3) is 3.85. The fourth-order valence-corrected chi connectivity index (χ4v) is 5.19. The molecule has 0 radical (unpaired) electrons. The Balaban J connectivity index is 1.32. The van der Waals surface area contributed by atoms with E-state index in [1.54, 1.807) is 31.9 Å². The second kappa shape index (κ2) is 8.20. The van der Waals surface area contributed by atoms with Gasteiger partial charge >= 0.3 is 6.03 Å². The average molecular weight is 477 g/mol. The van der Waals surface area contributed by atoms with Gasteiger partial charge in [-0.3, -0.25) is 19.7 Å². The number of morpholine rings is 1. The Kier molecular flexibility index (Phi) is 5.40. The molecule has 182 valence electrons. The molecule has 0 bridgehead atoms. The summed E-state index contributed by atoms with van der Waals surface area (Å²) in [6.07, 6.45) is 0.813. The number of hydrogen-bond donors (Lipinski definition) is 2. The van der Waals surface area contributed by atoms with Gasteiger partial charge in [0, 0.05) is 25.6 Å². The van der Waals surface area contributed by atoms with Crippen molar-refractivity contribution in [2.45, 2.75) is 43.9 Å². The largest absolute Gasteiger partial charge is 0.363 e. The van der Waals surface area contributed by atoms with Gasteiger partial charge in [-0.2, -0.15) is 0 Å². The summed E-state index contributed by atoms with van der Waals surface area (Å²) in [5, 5.41) is 5.28. The summed E-state index contributed by atoms with van der Waals surface area (Å²) in [5.74, 6) is -0.869. The van der Waals surface area contributed by atoms with Gasteiger partial charge in [0.2, 0.25) is 5.91 Å². The average Bonchev–Trinajstić information content (AvgIpc) is 3.30. The Morgan fingerprint density at radius 2 is 1.80 bits per heavy atom. The molecule has 9 nitrogen and oxygen atoms in total. The number of imide groups is 1. The quantitative estimate of drug-likeness (QED) is 0.657. The molecule has 3 aliphatic rings. The number of amides is 5. The highest BCUT2D eigenvalue weighted by atomic mass is 16.5. The van der Waals surface area contributed by atoms with E-state index in [1.807, 2.05) is 42.5 Å². The first kappa shape index (κ1) is 23.0. The first-order valence-corrected chi connectivity index (χ1v) is 11.6. The normalized spacial score (nSPS) is 25.1. The Labute approximate surface area is 203 Å². The minimum atomic E-state index is -1.02. The van der Waals surface area contributed by atoms with Gasteiger partial charge in [0.1, 0.15) is 17.7 Å². The predicted molar refractivity (Wildman–Crippen MR) is 127 cm³/mol. The van der Waals surface area contributed by atoms with E-state index < -0.39 is 17.2 Å². The number of benzene rings is 2. The summed E-state index contributed by atoms with van der Waals surface area (Å²) in [7, 11) is 1.62. The maximum Gasteiger partial charge on any atom is 0.324 e. The van der Waals surface area contributed by atoms with E-state index in [4.69, 9.17) is 4.74 Å². The van der Waals surface area contributed by atoms with Crippen molar-refractivity contribution in [3.63, 3.8) is 0 Å². The van der Waals surface area contributed by atoms with Gasteiger partial charge in [-0.05, 0) is 42.7 Å². The number of likely N-dealkylation sites (N-methyl/N-ethyl adjacent to an activating group) is 1. The molecule has 1 spiro atoms. The molecule has 5 rings (SSSR count). The van der Waals surface area contributed by atoms with Gasteiger partial charge < -0.3 is 19.9 Å². The molecule has 0 aromatic heterocycles. The zero-order valence-corrected chi connectivity index (χ0v) is 20.0. The van der Waals surface area contributed by atoms with Gasteiger partial charge in [0.15, 0.2) is 0 Å². The van der Waals surface area contributed by atoms with Crippen molar-refractivity contribution in [2.24, 2.45) is 0 Å². The molecule has 1 aliphatic carbocycles. The van der Waals surface area contributed by atoms with Crippen molar-refractivity contribution in [1.82, 2.24) is 15.1 Å². The molecule has 2 aliphatic heterocycles. The molecule has 2 unspecified atom stereocenters. The van der Waals surface area contributed by atoms with Crippen molar-refractivity contribution in [3.8, 4) is 0 Å². The molecule has 0 saturated carbocycles. The van der Waals surface area contributed by atoms with Crippen molar-refractivity contribution in [1.29, 1.82) is 0 Å². The molecule has 2 aromatic carbocycles. The van der Waals surface area contributed by atoms with Crippen LogP contribution >= 0.6 is 0 Å². The second-order valence-electron chi connectivity index (χ2n) is 9.92. The summed E-state index contributed by atoms with van der Waals surface area (Å²) >= 11 is 0. The number of urea groups is 1. The molecule has 2 atom stereocenters. The van der Waals surface area contributed by atoms with Crippen LogP contribution in [0.4, 0.5) is 10.5 Å². The van der Waals surface area contributed by atoms with Crippen LogP contribution < -0.4 is 10.6 Å². The van der Waals surface area contributed by atoms with E-state index in [2.05, 4.69) is 10.6 Å². The Morgan fingerprint density at radius 3 is 2.49 bits per heavy atom. The van der Waals surface area contributed by atoms with Crippen molar-refractivity contribution < 1.29 is 23.9 Å². The van der Waals surface area contributed by atoms with Crippen LogP contribution in [0, 0.1) is 0 Å². The third-order valence-electron chi connectivity index (χ3n) is 7.30. The molecule has 2 fully saturated rings. The van der Waals surface area contributed by atoms with Crippen LogP contribution in [0.5, 0.6) is 0 Å². The highest BCUT2D eigenvalue weighted by Crippen LogP contribution is 2.38. The number of nitrogens with one attached hydrogen (secondary N) is 2. The van der Waals surface area contributed by atoms with Crippen LogP contribution in [0.1, 0.15) is 36.6 Å². The Bertz CT molecular complexity index is 1230. The van der Waals surface area contributed by atoms with Crippen LogP contribution in [-0.2, 0) is 32.0 Å². The minimum absolute atomic E-state index is 0.119. The molecule has 9 heteroatoms. The van der Waals surface area contributed by atoms with E-state index in [-0.39, 0.29) is 30.3 Å². The van der Waals surface area contributed by atoms with Crippen molar-refractivity contribution in [3.05, 3.63) is 65.2 Å². The van der Waals surface area contributed by atoms with Crippen LogP contribution in [0.2, 0.25) is 0 Å². The van der Waals surface area contributed by atoms with Crippen LogP contribution in [-0.4, -0.2) is 64.9 Å². The summed E-state index contributed by atoms with van der Waals surface area (Å²) in [6, 6.07) is 14.3. The molecule has 2 N–H and O–H groups in total. The summed E-state index contributed by atoms with van der Waals surface area (Å²) in [5.41, 5.74) is 1.42. The second-order valence-corrected chi connectivity index (χ2v) is 9.92. The summed E-state index contributed by atoms with van der Waals surface area (Å²) in [4.78, 5) is 53.7. The van der Waals surface area contributed by atoms with E-state index in [0.29, 0.717) is 25.1 Å². The molecular formula is C26H28N4O5. The van der Waals surface area contributed by atoms with Crippen LogP contribution in [0.15, 0.2) is 48.5 Å². The van der Waals surface area contributed by atoms with Gasteiger partial charge in [0.05, 0.1) is 12.6 Å². The van der Waals surface area contributed by atoms with Gasteiger partial charge in [0.25, 0.3) is 11.8 Å². The highest BCUT2D eigenvalue weighted by molar-refractivity contribution is 6.07. The maximum absolute atomic E-state index is 13.2. The topological polar surface area (TPSA) is 108 Å². The Morgan fingerprint density at radius 1 is 1.09 bits per heavy atom. The summed E-state index contributed by atoms with van der Waals surface area (Å²) in [6.45, 7) is 3.59. The molecule has 2 heterocycles. The van der Waals surface area contributed by atoms with E-state index in [1.165, 1.54) is 4.90 Å². The molecule has 2 aromatic rings. The first-order valence-electron chi connectivity index (χ1n) is 11.6. The van der Waals surface area contributed by atoms with E-state index >= 15 is 0 Å². The van der Waals surface area contributed by atoms with Crippen LogP contribution in [0.3, 0.4) is 0 Å². The third-order valence-corrected chi connectivity index (χ3v) is 7.30. The molecular weight excluding hydrogens is 448 g/mol. The lowest BCUT2D eigenvalue weighted by atomic mass is 9.95. The van der Waals surface area contributed by atoms with E-state index in [9.17, 15) is 19.2 Å². The lowest BCUT2D eigenvalue weighted by Crippen LogP contribution is -2.56. The van der Waals surface area contributed by atoms with Gasteiger partial charge in [-0.15, -0.1) is 0 Å². The Hall–Kier alpha value is -3.72. The molecule has 2 saturated heterocycles. The maximum atomic E-state index is 13.2. The first-order chi connectivity index (χ1) is 16.6. The smallest absolute Gasteiger partial charge is 0.324 e. The number of rotatable bonds is 4. The van der Waals surface area contributed by atoms with Gasteiger partial charge in [-0.1, -0.05) is 36.4 Å². The summed E-state index contributed by atoms with van der Waals surface area (Å²) < 4.78 is 5.81. The number of hydrogen-bond acceptors (Lipinski definition) is 5. The lowest BCUT2D eigenvalue weighted by Gasteiger charge is -2.42.